The van der Waals surface area contributed by atoms with Gasteiger partial charge in [0, 0.05) is 18.5 Å². The lowest BCUT2D eigenvalue weighted by Gasteiger charge is -2.28. The smallest absolute Gasteiger partial charge is 0.224 e. The van der Waals surface area contributed by atoms with E-state index in [-0.39, 0.29) is 42.1 Å². The summed E-state index contributed by atoms with van der Waals surface area (Å²) in [6.07, 6.45) is 4.43. The number of carbonyl (C=O) groups is 2. The summed E-state index contributed by atoms with van der Waals surface area (Å²) < 4.78 is 0. The van der Waals surface area contributed by atoms with Crippen LogP contribution < -0.4 is 16.4 Å². The van der Waals surface area contributed by atoms with Crippen molar-refractivity contribution in [3.63, 3.8) is 0 Å². The van der Waals surface area contributed by atoms with E-state index in [1.165, 1.54) is 0 Å². The Bertz CT molecular complexity index is 306. The van der Waals surface area contributed by atoms with Crippen molar-refractivity contribution < 1.29 is 9.59 Å². The first kappa shape index (κ1) is 15.2. The number of amides is 2. The second kappa shape index (κ2) is 6.95. The second-order valence-corrected chi connectivity index (χ2v) is 5.16. The predicted molar refractivity (Wildman–Crippen MR) is 71.3 cm³/mol. The molecule has 0 aromatic carbocycles. The molecule has 1 aliphatic heterocycles. The number of carbonyl (C=O) groups excluding carboxylic acids is 2. The maximum Gasteiger partial charge on any atom is 0.224 e. The van der Waals surface area contributed by atoms with Gasteiger partial charge in [0.25, 0.3) is 0 Å². The maximum absolute atomic E-state index is 11.9. The largest absolute Gasteiger partial charge is 0.369 e. The van der Waals surface area contributed by atoms with E-state index in [0.717, 1.165) is 38.8 Å². The first-order chi connectivity index (χ1) is 8.16. The number of primary amides is 1. The molecule has 2 aliphatic rings. The van der Waals surface area contributed by atoms with Gasteiger partial charge in [0.1, 0.15) is 0 Å². The fraction of sp³-hybridized carbons (Fsp3) is 0.833. The van der Waals surface area contributed by atoms with Gasteiger partial charge in [0.2, 0.25) is 11.8 Å². The summed E-state index contributed by atoms with van der Waals surface area (Å²) in [5.74, 6) is -0.0590. The molecule has 0 aromatic heterocycles. The fourth-order valence-electron chi connectivity index (χ4n) is 2.78. The predicted octanol–water partition coefficient (Wildman–Crippen LogP) is 0.178. The third kappa shape index (κ3) is 3.85. The number of nitrogens with two attached hydrogens (primary N) is 1. The minimum atomic E-state index is -0.230. The van der Waals surface area contributed by atoms with E-state index in [1.54, 1.807) is 0 Å². The molecule has 0 radical (unpaired) electrons. The Morgan fingerprint density at radius 1 is 1.17 bits per heavy atom. The van der Waals surface area contributed by atoms with Crippen LogP contribution in [0, 0.1) is 11.8 Å². The average Bonchev–Trinajstić information content (AvgIpc) is 2.82. The molecule has 0 bridgehead atoms. The van der Waals surface area contributed by atoms with Gasteiger partial charge in [-0.25, -0.2) is 0 Å². The van der Waals surface area contributed by atoms with Gasteiger partial charge in [-0.3, -0.25) is 9.59 Å². The summed E-state index contributed by atoms with van der Waals surface area (Å²) >= 11 is 0. The Hall–Kier alpha value is -0.810. The second-order valence-electron chi connectivity index (χ2n) is 5.16. The van der Waals surface area contributed by atoms with Crippen molar-refractivity contribution in [2.24, 2.45) is 17.6 Å². The van der Waals surface area contributed by atoms with E-state index in [0.29, 0.717) is 6.42 Å². The molecule has 4 N–H and O–H groups in total. The van der Waals surface area contributed by atoms with Crippen molar-refractivity contribution in [1.82, 2.24) is 10.6 Å². The van der Waals surface area contributed by atoms with Crippen molar-refractivity contribution in [2.75, 3.05) is 13.1 Å². The summed E-state index contributed by atoms with van der Waals surface area (Å²) in [6, 6.07) is 0.134. The Morgan fingerprint density at radius 2 is 1.94 bits per heavy atom. The third-order valence-electron chi connectivity index (χ3n) is 3.85. The number of hydrogen-bond acceptors (Lipinski definition) is 3. The summed E-state index contributed by atoms with van der Waals surface area (Å²) in [4.78, 5) is 23.1. The molecule has 104 valence electrons. The first-order valence-corrected chi connectivity index (χ1v) is 6.47. The fourth-order valence-corrected chi connectivity index (χ4v) is 2.78. The zero-order valence-corrected chi connectivity index (χ0v) is 11.3. The lowest BCUT2D eigenvalue weighted by Crippen LogP contribution is -2.43. The zero-order chi connectivity index (χ0) is 12.3. The highest BCUT2D eigenvalue weighted by Gasteiger charge is 2.29. The van der Waals surface area contributed by atoms with Gasteiger partial charge in [-0.1, -0.05) is 6.42 Å². The Morgan fingerprint density at radius 3 is 2.56 bits per heavy atom. The Labute approximate surface area is 114 Å². The van der Waals surface area contributed by atoms with Gasteiger partial charge < -0.3 is 16.4 Å². The zero-order valence-electron chi connectivity index (χ0n) is 10.5. The van der Waals surface area contributed by atoms with Crippen LogP contribution >= 0.6 is 12.4 Å². The quantitative estimate of drug-likeness (QED) is 0.687. The normalized spacial score (nSPS) is 31.4. The molecular weight excluding hydrogens is 254 g/mol. The van der Waals surface area contributed by atoms with E-state index in [9.17, 15) is 9.59 Å². The summed E-state index contributed by atoms with van der Waals surface area (Å²) in [7, 11) is 0. The molecule has 1 aliphatic carbocycles. The van der Waals surface area contributed by atoms with Crippen molar-refractivity contribution in [1.29, 1.82) is 0 Å². The van der Waals surface area contributed by atoms with Crippen molar-refractivity contribution in [3.05, 3.63) is 0 Å². The molecule has 2 fully saturated rings. The number of halogens is 1. The van der Waals surface area contributed by atoms with E-state index in [4.69, 9.17) is 5.73 Å². The molecule has 2 rings (SSSR count). The topological polar surface area (TPSA) is 84.2 Å². The number of rotatable bonds is 3. The highest BCUT2D eigenvalue weighted by molar-refractivity contribution is 5.85. The third-order valence-corrected chi connectivity index (χ3v) is 3.85. The van der Waals surface area contributed by atoms with Crippen molar-refractivity contribution in [2.45, 2.75) is 38.1 Å². The summed E-state index contributed by atoms with van der Waals surface area (Å²) in [5.41, 5.74) is 5.32. The van der Waals surface area contributed by atoms with Crippen LogP contribution in [0.25, 0.3) is 0 Å². The Kier molecular flexibility index (Phi) is 5.88. The lowest BCUT2D eigenvalue weighted by atomic mass is 9.85. The molecule has 0 spiro atoms. The van der Waals surface area contributed by atoms with Gasteiger partial charge in [-0.05, 0) is 32.2 Å². The SMILES string of the molecule is Cl.NC(=O)C1CCCC(NC(=O)C2CCNC2)C1. The van der Waals surface area contributed by atoms with Crippen LogP contribution in [0.3, 0.4) is 0 Å². The molecule has 1 saturated heterocycles. The van der Waals surface area contributed by atoms with Crippen LogP contribution in [0.2, 0.25) is 0 Å². The Balaban J connectivity index is 0.00000162. The highest BCUT2D eigenvalue weighted by Crippen LogP contribution is 2.24. The summed E-state index contributed by atoms with van der Waals surface area (Å²) in [5, 5.41) is 6.24. The van der Waals surface area contributed by atoms with E-state index < -0.39 is 0 Å². The van der Waals surface area contributed by atoms with Crippen LogP contribution in [0.5, 0.6) is 0 Å². The molecule has 0 aromatic rings. The van der Waals surface area contributed by atoms with Crippen LogP contribution in [-0.4, -0.2) is 30.9 Å². The van der Waals surface area contributed by atoms with Crippen LogP contribution in [0.15, 0.2) is 0 Å². The van der Waals surface area contributed by atoms with E-state index in [2.05, 4.69) is 10.6 Å². The molecule has 2 amide bonds. The minimum Gasteiger partial charge on any atom is -0.369 e. The van der Waals surface area contributed by atoms with Crippen molar-refractivity contribution >= 4 is 24.2 Å². The van der Waals surface area contributed by atoms with Gasteiger partial charge >= 0.3 is 0 Å². The summed E-state index contributed by atoms with van der Waals surface area (Å²) in [6.45, 7) is 1.70. The molecule has 3 atom stereocenters. The van der Waals surface area contributed by atoms with Crippen molar-refractivity contribution in [3.8, 4) is 0 Å². The molecule has 1 heterocycles. The monoisotopic (exact) mass is 275 g/mol. The van der Waals surface area contributed by atoms with Crippen LogP contribution in [-0.2, 0) is 9.59 Å². The van der Waals surface area contributed by atoms with E-state index >= 15 is 0 Å². The average molecular weight is 276 g/mol. The van der Waals surface area contributed by atoms with Crippen LogP contribution in [0.4, 0.5) is 0 Å². The van der Waals surface area contributed by atoms with Gasteiger partial charge in [0.15, 0.2) is 0 Å². The highest BCUT2D eigenvalue weighted by atomic mass is 35.5. The molecule has 6 heteroatoms. The van der Waals surface area contributed by atoms with Crippen LogP contribution in [0.1, 0.15) is 32.1 Å². The molecule has 1 saturated carbocycles. The van der Waals surface area contributed by atoms with Gasteiger partial charge in [-0.2, -0.15) is 0 Å². The molecule has 3 unspecified atom stereocenters. The molecule has 18 heavy (non-hydrogen) atoms. The first-order valence-electron chi connectivity index (χ1n) is 6.47. The number of nitrogens with one attached hydrogen (secondary N) is 2. The minimum absolute atomic E-state index is 0. The van der Waals surface area contributed by atoms with Gasteiger partial charge in [0.05, 0.1) is 5.92 Å². The van der Waals surface area contributed by atoms with E-state index in [1.807, 2.05) is 0 Å². The number of hydrogen-bond donors (Lipinski definition) is 3. The maximum atomic E-state index is 11.9. The standard InChI is InChI=1S/C12H21N3O2.ClH/c13-11(16)8-2-1-3-10(6-8)15-12(17)9-4-5-14-7-9;/h8-10,14H,1-7H2,(H2,13,16)(H,15,17);1H. The van der Waals surface area contributed by atoms with Gasteiger partial charge in [-0.15, -0.1) is 12.4 Å². The lowest BCUT2D eigenvalue weighted by molar-refractivity contribution is -0.127. The molecule has 5 nitrogen and oxygen atoms in total. The molecular formula is C12H22ClN3O2.